The minimum atomic E-state index is -0.0494. The molecule has 28 heavy (non-hydrogen) atoms. The third-order valence-electron chi connectivity index (χ3n) is 5.84. The van der Waals surface area contributed by atoms with Gasteiger partial charge in [-0.05, 0) is 50.4 Å². The number of likely N-dealkylation sites (tertiary alicyclic amines) is 1. The van der Waals surface area contributed by atoms with Gasteiger partial charge in [0.05, 0.1) is 18.4 Å². The Labute approximate surface area is 163 Å². The number of aromatic nitrogens is 5. The van der Waals surface area contributed by atoms with E-state index in [2.05, 4.69) is 25.2 Å². The van der Waals surface area contributed by atoms with Crippen LogP contribution in [0.25, 0.3) is 11.3 Å². The Bertz CT molecular complexity index is 1010. The van der Waals surface area contributed by atoms with Crippen LogP contribution in [0.15, 0.2) is 47.7 Å². The highest BCUT2D eigenvalue weighted by molar-refractivity contribution is 5.56. The van der Waals surface area contributed by atoms with Crippen molar-refractivity contribution in [2.45, 2.75) is 50.7 Å². The average Bonchev–Trinajstić information content (AvgIpc) is 3.31. The number of nitrogens with zero attached hydrogens (tertiary/aromatic N) is 5. The second kappa shape index (κ2) is 7.31. The molecule has 0 radical (unpaired) electrons. The molecule has 1 atom stereocenters. The van der Waals surface area contributed by atoms with Gasteiger partial charge in [-0.3, -0.25) is 19.8 Å². The monoisotopic (exact) mass is 376 g/mol. The summed E-state index contributed by atoms with van der Waals surface area (Å²) in [4.78, 5) is 18.9. The molecule has 1 saturated carbocycles. The largest absolute Gasteiger partial charge is 0.294 e. The Morgan fingerprint density at radius 2 is 1.96 bits per heavy atom. The van der Waals surface area contributed by atoms with E-state index < -0.39 is 0 Å². The first-order valence-electron chi connectivity index (χ1n) is 10.0. The van der Waals surface area contributed by atoms with Crippen LogP contribution in [0.5, 0.6) is 0 Å². The van der Waals surface area contributed by atoms with E-state index in [1.54, 1.807) is 29.2 Å². The highest BCUT2D eigenvalue weighted by Crippen LogP contribution is 2.41. The molecule has 1 saturated heterocycles. The van der Waals surface area contributed by atoms with Gasteiger partial charge in [0.25, 0.3) is 5.56 Å². The normalized spacial score (nSPS) is 19.9. The van der Waals surface area contributed by atoms with Crippen LogP contribution in [0, 0.1) is 0 Å². The quantitative estimate of drug-likeness (QED) is 0.715. The first-order chi connectivity index (χ1) is 13.8. The number of hydrogen-bond acceptors (Lipinski definition) is 5. The molecule has 1 aliphatic heterocycles. The maximum atomic E-state index is 12.4. The summed E-state index contributed by atoms with van der Waals surface area (Å²) in [5.41, 5.74) is 4.34. The molecule has 3 aromatic rings. The van der Waals surface area contributed by atoms with Crippen LogP contribution in [0.2, 0.25) is 0 Å². The Kier molecular flexibility index (Phi) is 4.52. The summed E-state index contributed by atoms with van der Waals surface area (Å²) in [6.07, 6.45) is 10.2. The Balaban J connectivity index is 1.35. The maximum absolute atomic E-state index is 12.4. The van der Waals surface area contributed by atoms with Crippen LogP contribution in [0.4, 0.5) is 0 Å². The molecule has 3 aromatic heterocycles. The molecule has 1 unspecified atom stereocenters. The SMILES string of the molecule is O=c1ccc(-c2ccncc2)nn1CC1CCCN1Cc1cn[nH]c1C1CC1. The summed E-state index contributed by atoms with van der Waals surface area (Å²) in [6, 6.07) is 7.55. The van der Waals surface area contributed by atoms with Crippen LogP contribution in [0.1, 0.15) is 42.9 Å². The smallest absolute Gasteiger partial charge is 0.266 e. The van der Waals surface area contributed by atoms with E-state index in [1.807, 2.05) is 18.3 Å². The first-order valence-corrected chi connectivity index (χ1v) is 10.0. The zero-order valence-corrected chi connectivity index (χ0v) is 15.8. The molecule has 0 spiro atoms. The van der Waals surface area contributed by atoms with E-state index in [4.69, 9.17) is 0 Å². The van der Waals surface area contributed by atoms with Crippen molar-refractivity contribution >= 4 is 0 Å². The lowest BCUT2D eigenvalue weighted by molar-refractivity contribution is 0.216. The fourth-order valence-electron chi connectivity index (χ4n) is 4.16. The summed E-state index contributed by atoms with van der Waals surface area (Å²) >= 11 is 0. The molecule has 144 valence electrons. The van der Waals surface area contributed by atoms with Crippen LogP contribution in [-0.2, 0) is 13.1 Å². The molecule has 1 N–H and O–H groups in total. The number of hydrogen-bond donors (Lipinski definition) is 1. The molecule has 4 heterocycles. The van der Waals surface area contributed by atoms with Crippen LogP contribution in [-0.4, -0.2) is 42.4 Å². The van der Waals surface area contributed by atoms with E-state index in [9.17, 15) is 4.79 Å². The van der Waals surface area contributed by atoms with Crippen LogP contribution >= 0.6 is 0 Å². The van der Waals surface area contributed by atoms with Gasteiger partial charge in [0.15, 0.2) is 0 Å². The van der Waals surface area contributed by atoms with Crippen molar-refractivity contribution in [3.8, 4) is 11.3 Å². The number of aromatic amines is 1. The Hall–Kier alpha value is -2.80. The number of pyridine rings is 1. The maximum Gasteiger partial charge on any atom is 0.266 e. The summed E-state index contributed by atoms with van der Waals surface area (Å²) in [7, 11) is 0. The van der Waals surface area contributed by atoms with Gasteiger partial charge in [0.2, 0.25) is 0 Å². The molecule has 2 aliphatic rings. The summed E-state index contributed by atoms with van der Waals surface area (Å²) in [6.45, 7) is 2.57. The van der Waals surface area contributed by atoms with Crippen molar-refractivity contribution in [2.75, 3.05) is 6.54 Å². The van der Waals surface area contributed by atoms with E-state index in [1.165, 1.54) is 24.1 Å². The molecule has 1 aliphatic carbocycles. The molecule has 7 nitrogen and oxygen atoms in total. The van der Waals surface area contributed by atoms with E-state index >= 15 is 0 Å². The van der Waals surface area contributed by atoms with E-state index in [-0.39, 0.29) is 5.56 Å². The van der Waals surface area contributed by atoms with Crippen molar-refractivity contribution in [2.24, 2.45) is 0 Å². The highest BCUT2D eigenvalue weighted by Gasteiger charge is 2.31. The van der Waals surface area contributed by atoms with Crippen molar-refractivity contribution in [3.05, 3.63) is 64.5 Å². The van der Waals surface area contributed by atoms with Gasteiger partial charge in [-0.25, -0.2) is 4.68 Å². The summed E-state index contributed by atoms with van der Waals surface area (Å²) in [5, 5.41) is 12.1. The van der Waals surface area contributed by atoms with E-state index in [0.717, 1.165) is 37.2 Å². The van der Waals surface area contributed by atoms with Crippen molar-refractivity contribution in [1.29, 1.82) is 0 Å². The van der Waals surface area contributed by atoms with Crippen LogP contribution in [0.3, 0.4) is 0 Å². The molecule has 0 amide bonds. The fraction of sp³-hybridized carbons (Fsp3) is 0.429. The zero-order chi connectivity index (χ0) is 18.9. The number of nitrogens with one attached hydrogen (secondary N) is 1. The summed E-state index contributed by atoms with van der Waals surface area (Å²) < 4.78 is 1.62. The predicted octanol–water partition coefficient (Wildman–Crippen LogP) is 2.57. The predicted molar refractivity (Wildman–Crippen MR) is 106 cm³/mol. The molecule has 0 bridgehead atoms. The second-order valence-electron chi connectivity index (χ2n) is 7.82. The third kappa shape index (κ3) is 3.49. The van der Waals surface area contributed by atoms with Crippen LogP contribution < -0.4 is 5.56 Å². The molecular weight excluding hydrogens is 352 g/mol. The van der Waals surface area contributed by atoms with Gasteiger partial charge in [-0.1, -0.05) is 0 Å². The minimum absolute atomic E-state index is 0.0494. The van der Waals surface area contributed by atoms with Crippen molar-refractivity contribution in [3.63, 3.8) is 0 Å². The fourth-order valence-corrected chi connectivity index (χ4v) is 4.16. The van der Waals surface area contributed by atoms with Gasteiger partial charge in [0, 0.05) is 53.8 Å². The average molecular weight is 376 g/mol. The summed E-state index contributed by atoms with van der Waals surface area (Å²) in [5.74, 6) is 0.667. The van der Waals surface area contributed by atoms with Gasteiger partial charge >= 0.3 is 0 Å². The van der Waals surface area contributed by atoms with Crippen molar-refractivity contribution < 1.29 is 0 Å². The van der Waals surface area contributed by atoms with E-state index in [0.29, 0.717) is 18.5 Å². The highest BCUT2D eigenvalue weighted by atomic mass is 16.1. The molecule has 2 fully saturated rings. The molecular formula is C21H24N6O. The Morgan fingerprint density at radius 1 is 1.11 bits per heavy atom. The standard InChI is InChI=1S/C21H24N6O/c28-20-6-5-19(15-7-9-22-10-8-15)25-27(20)14-18-2-1-11-26(18)13-17-12-23-24-21(17)16-3-4-16/h5-10,12,16,18H,1-4,11,13-14H2,(H,23,24). The molecule has 5 rings (SSSR count). The van der Waals surface area contributed by atoms with Gasteiger partial charge in [-0.15, -0.1) is 0 Å². The second-order valence-corrected chi connectivity index (χ2v) is 7.82. The minimum Gasteiger partial charge on any atom is -0.294 e. The lowest BCUT2D eigenvalue weighted by Crippen LogP contribution is -2.36. The molecule has 7 heteroatoms. The first kappa shape index (κ1) is 17.3. The third-order valence-corrected chi connectivity index (χ3v) is 5.84. The van der Waals surface area contributed by atoms with Crippen molar-refractivity contribution in [1.82, 2.24) is 29.9 Å². The van der Waals surface area contributed by atoms with Gasteiger partial charge in [-0.2, -0.15) is 10.2 Å². The number of rotatable bonds is 6. The Morgan fingerprint density at radius 3 is 2.79 bits per heavy atom. The molecule has 0 aromatic carbocycles. The zero-order valence-electron chi connectivity index (χ0n) is 15.8. The number of H-pyrrole nitrogens is 1. The lowest BCUT2D eigenvalue weighted by Gasteiger charge is -2.24. The van der Waals surface area contributed by atoms with Gasteiger partial charge in [0.1, 0.15) is 0 Å². The van der Waals surface area contributed by atoms with Gasteiger partial charge < -0.3 is 0 Å². The lowest BCUT2D eigenvalue weighted by atomic mass is 10.1. The topological polar surface area (TPSA) is 79.7 Å².